The summed E-state index contributed by atoms with van der Waals surface area (Å²) in [4.78, 5) is 30.1. The number of piperazine rings is 1. The lowest BCUT2D eigenvalue weighted by atomic mass is 10.0. The number of hydrogen-bond donors (Lipinski definition) is 0. The summed E-state index contributed by atoms with van der Waals surface area (Å²) >= 11 is 6.43. The van der Waals surface area contributed by atoms with E-state index in [1.807, 2.05) is 4.90 Å². The van der Waals surface area contributed by atoms with Gasteiger partial charge in [0, 0.05) is 56.1 Å². The largest absolute Gasteiger partial charge is 0.352 e. The Morgan fingerprint density at radius 1 is 1.06 bits per heavy atom. The van der Waals surface area contributed by atoms with Crippen LogP contribution in [0.3, 0.4) is 0 Å². The SMILES string of the molecule is CC(C)CC(=O)N1CCN(c2cnc(-c3ccc(F)cc3)c(-c3ccncc3Cl)n2)CC1. The number of halogens is 2. The highest BCUT2D eigenvalue weighted by Gasteiger charge is 2.24. The average Bonchev–Trinajstić information content (AvgIpc) is 2.79. The van der Waals surface area contributed by atoms with Crippen molar-refractivity contribution in [2.45, 2.75) is 20.3 Å². The van der Waals surface area contributed by atoms with Crippen molar-refractivity contribution in [2.24, 2.45) is 5.92 Å². The summed E-state index contributed by atoms with van der Waals surface area (Å²) in [6.45, 7) is 6.77. The van der Waals surface area contributed by atoms with Gasteiger partial charge in [0.05, 0.1) is 16.9 Å². The molecule has 0 bridgehead atoms. The van der Waals surface area contributed by atoms with E-state index in [4.69, 9.17) is 16.6 Å². The maximum absolute atomic E-state index is 13.5. The van der Waals surface area contributed by atoms with E-state index in [9.17, 15) is 9.18 Å². The van der Waals surface area contributed by atoms with Crippen LogP contribution in [0.1, 0.15) is 20.3 Å². The van der Waals surface area contributed by atoms with Crippen LogP contribution in [-0.4, -0.2) is 51.9 Å². The average molecular weight is 454 g/mol. The fraction of sp³-hybridized carbons (Fsp3) is 0.333. The van der Waals surface area contributed by atoms with E-state index < -0.39 is 0 Å². The molecule has 0 spiro atoms. The molecule has 2 aromatic heterocycles. The smallest absolute Gasteiger partial charge is 0.222 e. The first-order chi connectivity index (χ1) is 15.4. The summed E-state index contributed by atoms with van der Waals surface area (Å²) < 4.78 is 13.5. The fourth-order valence-corrected chi connectivity index (χ4v) is 3.98. The van der Waals surface area contributed by atoms with Crippen LogP contribution in [0.4, 0.5) is 10.2 Å². The minimum atomic E-state index is -0.313. The van der Waals surface area contributed by atoms with Gasteiger partial charge in [-0.2, -0.15) is 0 Å². The van der Waals surface area contributed by atoms with E-state index in [-0.39, 0.29) is 11.7 Å². The van der Waals surface area contributed by atoms with Crippen LogP contribution in [-0.2, 0) is 4.79 Å². The molecule has 0 radical (unpaired) electrons. The number of amides is 1. The summed E-state index contributed by atoms with van der Waals surface area (Å²) in [6.07, 6.45) is 5.52. The van der Waals surface area contributed by atoms with Gasteiger partial charge in [-0.1, -0.05) is 25.4 Å². The molecule has 3 heterocycles. The monoisotopic (exact) mass is 453 g/mol. The molecule has 3 aromatic rings. The highest BCUT2D eigenvalue weighted by Crippen LogP contribution is 2.34. The van der Waals surface area contributed by atoms with Crippen LogP contribution >= 0.6 is 11.6 Å². The third-order valence-corrected chi connectivity index (χ3v) is 5.75. The standard InChI is InChI=1S/C24H25ClFN5O/c1-16(2)13-22(32)31-11-9-30(10-12-31)21-15-28-23(17-3-5-18(26)6-4-17)24(29-21)19-7-8-27-14-20(19)25/h3-8,14-16H,9-13H2,1-2H3. The Morgan fingerprint density at radius 2 is 1.78 bits per heavy atom. The first-order valence-corrected chi connectivity index (χ1v) is 11.1. The number of carbonyl (C=O) groups excluding carboxylic acids is 1. The van der Waals surface area contributed by atoms with E-state index in [0.29, 0.717) is 60.5 Å². The number of hydrogen-bond acceptors (Lipinski definition) is 5. The van der Waals surface area contributed by atoms with Crippen molar-refractivity contribution in [3.05, 3.63) is 59.8 Å². The second-order valence-corrected chi connectivity index (χ2v) is 8.66. The molecule has 1 aromatic carbocycles. The normalized spacial score (nSPS) is 14.2. The second-order valence-electron chi connectivity index (χ2n) is 8.25. The summed E-state index contributed by atoms with van der Waals surface area (Å²) in [5.74, 6) is 0.945. The Kier molecular flexibility index (Phi) is 6.65. The van der Waals surface area contributed by atoms with Gasteiger partial charge in [-0.15, -0.1) is 0 Å². The molecule has 1 saturated heterocycles. The zero-order valence-corrected chi connectivity index (χ0v) is 18.9. The maximum Gasteiger partial charge on any atom is 0.222 e. The van der Waals surface area contributed by atoms with Crippen LogP contribution in [0.2, 0.25) is 5.02 Å². The van der Waals surface area contributed by atoms with Crippen molar-refractivity contribution in [2.75, 3.05) is 31.1 Å². The van der Waals surface area contributed by atoms with Crippen molar-refractivity contribution in [1.82, 2.24) is 19.9 Å². The van der Waals surface area contributed by atoms with Crippen LogP contribution in [0.25, 0.3) is 22.5 Å². The minimum Gasteiger partial charge on any atom is -0.352 e. The lowest BCUT2D eigenvalue weighted by Gasteiger charge is -2.35. The molecule has 1 amide bonds. The van der Waals surface area contributed by atoms with Crippen molar-refractivity contribution >= 4 is 23.3 Å². The van der Waals surface area contributed by atoms with Gasteiger partial charge in [-0.05, 0) is 36.2 Å². The molecule has 1 aliphatic heterocycles. The van der Waals surface area contributed by atoms with Crippen LogP contribution in [0.15, 0.2) is 48.9 Å². The molecule has 166 valence electrons. The molecule has 6 nitrogen and oxygen atoms in total. The molecule has 1 aliphatic rings. The Bertz CT molecular complexity index is 1100. The highest BCUT2D eigenvalue weighted by molar-refractivity contribution is 6.33. The zero-order valence-electron chi connectivity index (χ0n) is 18.1. The molecule has 4 rings (SSSR count). The lowest BCUT2D eigenvalue weighted by Crippen LogP contribution is -2.49. The van der Waals surface area contributed by atoms with E-state index >= 15 is 0 Å². The molecule has 0 atom stereocenters. The van der Waals surface area contributed by atoms with Crippen LogP contribution < -0.4 is 4.90 Å². The number of carbonyl (C=O) groups is 1. The van der Waals surface area contributed by atoms with Crippen molar-refractivity contribution in [3.8, 4) is 22.5 Å². The number of rotatable bonds is 5. The highest BCUT2D eigenvalue weighted by atomic mass is 35.5. The van der Waals surface area contributed by atoms with Crippen LogP contribution in [0.5, 0.6) is 0 Å². The quantitative estimate of drug-likeness (QED) is 0.560. The van der Waals surface area contributed by atoms with Gasteiger partial charge in [0.2, 0.25) is 5.91 Å². The molecule has 0 aliphatic carbocycles. The Hall–Kier alpha value is -3.06. The summed E-state index contributed by atoms with van der Waals surface area (Å²) in [5, 5.41) is 0.464. The molecule has 0 saturated carbocycles. The van der Waals surface area contributed by atoms with Gasteiger partial charge in [-0.3, -0.25) is 14.8 Å². The lowest BCUT2D eigenvalue weighted by molar-refractivity contribution is -0.132. The fourth-order valence-electron chi connectivity index (χ4n) is 3.77. The van der Waals surface area contributed by atoms with Crippen molar-refractivity contribution in [1.29, 1.82) is 0 Å². The van der Waals surface area contributed by atoms with E-state index in [0.717, 1.165) is 11.4 Å². The van der Waals surface area contributed by atoms with Gasteiger partial charge in [0.25, 0.3) is 0 Å². The number of pyridine rings is 1. The Balaban J connectivity index is 1.64. The van der Waals surface area contributed by atoms with Gasteiger partial charge < -0.3 is 9.80 Å². The van der Waals surface area contributed by atoms with Gasteiger partial charge in [0.1, 0.15) is 17.3 Å². The van der Waals surface area contributed by atoms with Crippen molar-refractivity contribution in [3.63, 3.8) is 0 Å². The molecule has 8 heteroatoms. The number of benzene rings is 1. The summed E-state index contributed by atoms with van der Waals surface area (Å²) in [5.41, 5.74) is 2.69. The molecular weight excluding hydrogens is 429 g/mol. The predicted molar refractivity (Wildman–Crippen MR) is 124 cm³/mol. The topological polar surface area (TPSA) is 62.2 Å². The molecule has 0 N–H and O–H groups in total. The van der Waals surface area contributed by atoms with Crippen molar-refractivity contribution < 1.29 is 9.18 Å². The molecule has 1 fully saturated rings. The number of aromatic nitrogens is 3. The third kappa shape index (κ3) is 4.88. The third-order valence-electron chi connectivity index (χ3n) is 5.44. The first-order valence-electron chi connectivity index (χ1n) is 10.7. The zero-order chi connectivity index (χ0) is 22.7. The van der Waals surface area contributed by atoms with Crippen LogP contribution in [0, 0.1) is 11.7 Å². The van der Waals surface area contributed by atoms with E-state index in [1.54, 1.807) is 36.8 Å². The molecule has 0 unspecified atom stereocenters. The van der Waals surface area contributed by atoms with Gasteiger partial charge in [-0.25, -0.2) is 9.37 Å². The van der Waals surface area contributed by atoms with Gasteiger partial charge >= 0.3 is 0 Å². The second kappa shape index (κ2) is 9.61. The first kappa shape index (κ1) is 22.1. The number of anilines is 1. The van der Waals surface area contributed by atoms with Gasteiger partial charge in [0.15, 0.2) is 0 Å². The number of nitrogens with zero attached hydrogens (tertiary/aromatic N) is 5. The predicted octanol–water partition coefficient (Wildman–Crippen LogP) is 4.69. The van der Waals surface area contributed by atoms with E-state index in [1.165, 1.54) is 12.1 Å². The Labute approximate surface area is 192 Å². The van der Waals surface area contributed by atoms with E-state index in [2.05, 4.69) is 28.7 Å². The maximum atomic E-state index is 13.5. The summed E-state index contributed by atoms with van der Waals surface area (Å²) in [6, 6.07) is 7.95. The molecule has 32 heavy (non-hydrogen) atoms. The molecular formula is C24H25ClFN5O. The Morgan fingerprint density at radius 3 is 2.44 bits per heavy atom. The summed E-state index contributed by atoms with van der Waals surface area (Å²) in [7, 11) is 0. The minimum absolute atomic E-state index is 0.196.